The predicted octanol–water partition coefficient (Wildman–Crippen LogP) is 2.28. The Kier molecular flexibility index (Phi) is 3.91. The normalized spacial score (nSPS) is 17.9. The van der Waals surface area contributed by atoms with Crippen LogP contribution in [0.2, 0.25) is 0 Å². The monoisotopic (exact) mass is 235 g/mol. The van der Waals surface area contributed by atoms with Gasteiger partial charge in [0.1, 0.15) is 0 Å². The van der Waals surface area contributed by atoms with Crippen LogP contribution in [0.4, 0.5) is 0 Å². The summed E-state index contributed by atoms with van der Waals surface area (Å²) >= 11 is 0. The van der Waals surface area contributed by atoms with E-state index in [-0.39, 0.29) is 11.7 Å². The lowest BCUT2D eigenvalue weighted by Gasteiger charge is -2.33. The molecule has 0 fully saturated rings. The maximum atomic E-state index is 11.1. The summed E-state index contributed by atoms with van der Waals surface area (Å²) in [5.41, 5.74) is 2.24. The first kappa shape index (κ1) is 13.3. The van der Waals surface area contributed by atoms with E-state index in [4.69, 9.17) is 9.84 Å². The van der Waals surface area contributed by atoms with Crippen molar-refractivity contribution in [2.75, 3.05) is 7.11 Å². The number of nitrogens with zero attached hydrogens (tertiary/aromatic N) is 1. The fourth-order valence-electron chi connectivity index (χ4n) is 1.87. The summed E-state index contributed by atoms with van der Waals surface area (Å²) in [6.45, 7) is 11.1. The predicted molar refractivity (Wildman–Crippen MR) is 66.1 cm³/mol. The lowest BCUT2D eigenvalue weighted by molar-refractivity contribution is -0.132. The third-order valence-electron chi connectivity index (χ3n) is 2.82. The van der Waals surface area contributed by atoms with Crippen LogP contribution in [0.5, 0.6) is 0 Å². The molecule has 1 rings (SSSR count). The maximum Gasteiger partial charge on any atom is 0.336 e. The van der Waals surface area contributed by atoms with E-state index < -0.39 is 5.97 Å². The van der Waals surface area contributed by atoms with E-state index in [1.807, 2.05) is 6.92 Å². The number of carboxylic acids is 1. The second kappa shape index (κ2) is 5.01. The number of carboxylic acid groups (broad SMARTS) is 1. The van der Waals surface area contributed by atoms with Crippen molar-refractivity contribution in [2.45, 2.75) is 20.0 Å². The molecule has 0 saturated heterocycles. The first-order chi connectivity index (χ1) is 7.93. The largest absolute Gasteiger partial charge is 0.478 e. The highest BCUT2D eigenvalue weighted by atomic mass is 16.5. The van der Waals surface area contributed by atoms with Gasteiger partial charge in [0, 0.05) is 19.0 Å². The average molecular weight is 235 g/mol. The van der Waals surface area contributed by atoms with E-state index in [0.29, 0.717) is 11.3 Å². The quantitative estimate of drug-likeness (QED) is 0.812. The third kappa shape index (κ3) is 2.31. The van der Waals surface area contributed by atoms with Crippen LogP contribution in [0.1, 0.15) is 13.8 Å². The lowest BCUT2D eigenvalue weighted by Crippen LogP contribution is -2.29. The maximum absolute atomic E-state index is 11.1. The van der Waals surface area contributed by atoms with Gasteiger partial charge in [-0.3, -0.25) is 0 Å². The van der Waals surface area contributed by atoms with Gasteiger partial charge in [-0.25, -0.2) is 4.79 Å². The first-order valence-electron chi connectivity index (χ1n) is 5.23. The molecule has 1 N–H and O–H groups in total. The lowest BCUT2D eigenvalue weighted by atomic mass is 9.97. The zero-order chi connectivity index (χ0) is 13.2. The van der Waals surface area contributed by atoms with Crippen molar-refractivity contribution < 1.29 is 14.6 Å². The molecule has 0 amide bonds. The second-order valence-electron chi connectivity index (χ2n) is 3.80. The number of aliphatic carboxylic acids is 1. The number of rotatable bonds is 4. The standard InChI is InChI=1S/C13H17NO3/c1-6-14-8(2)7-11(13(15)16)9(3)12(14)10(4)17-5/h6-7,10H,1-2H2,3-5H3,(H,15,16). The van der Waals surface area contributed by atoms with Crippen molar-refractivity contribution in [3.05, 3.63) is 48.0 Å². The summed E-state index contributed by atoms with van der Waals surface area (Å²) in [4.78, 5) is 12.9. The number of methoxy groups -OCH3 is 1. The van der Waals surface area contributed by atoms with Crippen molar-refractivity contribution >= 4 is 5.97 Å². The molecule has 0 bridgehead atoms. The number of hydrogen-bond donors (Lipinski definition) is 1. The van der Waals surface area contributed by atoms with Gasteiger partial charge < -0.3 is 14.7 Å². The van der Waals surface area contributed by atoms with Crippen molar-refractivity contribution in [2.24, 2.45) is 0 Å². The zero-order valence-electron chi connectivity index (χ0n) is 10.4. The Morgan fingerprint density at radius 2 is 2.24 bits per heavy atom. The van der Waals surface area contributed by atoms with Crippen LogP contribution >= 0.6 is 0 Å². The van der Waals surface area contributed by atoms with Crippen molar-refractivity contribution in [3.63, 3.8) is 0 Å². The third-order valence-corrected chi connectivity index (χ3v) is 2.82. The van der Waals surface area contributed by atoms with Gasteiger partial charge >= 0.3 is 5.97 Å². The summed E-state index contributed by atoms with van der Waals surface area (Å²) in [7, 11) is 1.58. The molecule has 4 heteroatoms. The van der Waals surface area contributed by atoms with Gasteiger partial charge in [-0.15, -0.1) is 0 Å². The number of ether oxygens (including phenoxy) is 1. The van der Waals surface area contributed by atoms with Gasteiger partial charge in [-0.2, -0.15) is 0 Å². The summed E-state index contributed by atoms with van der Waals surface area (Å²) in [6, 6.07) is 0. The van der Waals surface area contributed by atoms with Crippen molar-refractivity contribution in [3.8, 4) is 0 Å². The Bertz CT molecular complexity index is 432. The molecule has 1 heterocycles. The van der Waals surface area contributed by atoms with Gasteiger partial charge in [-0.1, -0.05) is 13.2 Å². The molecule has 17 heavy (non-hydrogen) atoms. The Morgan fingerprint density at radius 1 is 1.65 bits per heavy atom. The van der Waals surface area contributed by atoms with E-state index in [9.17, 15) is 4.79 Å². The number of allylic oxidation sites excluding steroid dienone is 1. The molecule has 1 aliphatic heterocycles. The van der Waals surface area contributed by atoms with E-state index in [0.717, 1.165) is 5.70 Å². The van der Waals surface area contributed by atoms with Crippen molar-refractivity contribution in [1.82, 2.24) is 4.90 Å². The fourth-order valence-corrected chi connectivity index (χ4v) is 1.87. The minimum atomic E-state index is -0.965. The minimum Gasteiger partial charge on any atom is -0.478 e. The molecular weight excluding hydrogens is 218 g/mol. The molecule has 0 aromatic rings. The van der Waals surface area contributed by atoms with Crippen LogP contribution in [-0.4, -0.2) is 29.2 Å². The summed E-state index contributed by atoms with van der Waals surface area (Å²) in [5, 5.41) is 9.13. The summed E-state index contributed by atoms with van der Waals surface area (Å²) in [5.74, 6) is -0.965. The van der Waals surface area contributed by atoms with Gasteiger partial charge in [0.15, 0.2) is 0 Å². The van der Waals surface area contributed by atoms with Crippen LogP contribution < -0.4 is 0 Å². The van der Waals surface area contributed by atoms with Crippen molar-refractivity contribution in [1.29, 1.82) is 0 Å². The second-order valence-corrected chi connectivity index (χ2v) is 3.80. The van der Waals surface area contributed by atoms with E-state index in [1.54, 1.807) is 25.1 Å². The molecule has 4 nitrogen and oxygen atoms in total. The van der Waals surface area contributed by atoms with E-state index >= 15 is 0 Å². The van der Waals surface area contributed by atoms with Crippen LogP contribution in [0.25, 0.3) is 0 Å². The highest BCUT2D eigenvalue weighted by molar-refractivity contribution is 5.93. The van der Waals surface area contributed by atoms with Crippen LogP contribution in [-0.2, 0) is 9.53 Å². The highest BCUT2D eigenvalue weighted by Gasteiger charge is 2.27. The molecule has 0 spiro atoms. The highest BCUT2D eigenvalue weighted by Crippen LogP contribution is 2.31. The Hall–Kier alpha value is -1.81. The Balaban J connectivity index is 3.37. The molecule has 0 radical (unpaired) electrons. The molecular formula is C13H17NO3. The van der Waals surface area contributed by atoms with Gasteiger partial charge in [0.05, 0.1) is 17.4 Å². The molecule has 0 saturated carbocycles. The SMILES string of the molecule is C=CN1C(=C)C=C(C(=O)O)C(C)=C1C(C)OC. The Morgan fingerprint density at radius 3 is 2.65 bits per heavy atom. The molecule has 1 aliphatic rings. The number of hydrogen-bond acceptors (Lipinski definition) is 3. The molecule has 1 unspecified atom stereocenters. The average Bonchev–Trinajstić information content (AvgIpc) is 2.29. The summed E-state index contributed by atoms with van der Waals surface area (Å²) in [6.07, 6.45) is 2.91. The molecule has 92 valence electrons. The Labute approximate surface area is 101 Å². The van der Waals surface area contributed by atoms with Crippen LogP contribution in [0, 0.1) is 0 Å². The van der Waals surface area contributed by atoms with Gasteiger partial charge in [0.2, 0.25) is 0 Å². The van der Waals surface area contributed by atoms with E-state index in [2.05, 4.69) is 13.2 Å². The topological polar surface area (TPSA) is 49.8 Å². The fraction of sp³-hybridized carbons (Fsp3) is 0.308. The molecule has 1 atom stereocenters. The van der Waals surface area contributed by atoms with Gasteiger partial charge in [0.25, 0.3) is 0 Å². The molecule has 0 aromatic carbocycles. The molecule has 0 aliphatic carbocycles. The van der Waals surface area contributed by atoms with E-state index in [1.165, 1.54) is 6.08 Å². The van der Waals surface area contributed by atoms with Gasteiger partial charge in [-0.05, 0) is 25.5 Å². The zero-order valence-corrected chi connectivity index (χ0v) is 10.4. The van der Waals surface area contributed by atoms with Crippen LogP contribution in [0.15, 0.2) is 48.0 Å². The summed E-state index contributed by atoms with van der Waals surface area (Å²) < 4.78 is 5.26. The van der Waals surface area contributed by atoms with Crippen LogP contribution in [0.3, 0.4) is 0 Å². The smallest absolute Gasteiger partial charge is 0.336 e. The minimum absolute atomic E-state index is 0.229. The molecule has 0 aromatic heterocycles. The first-order valence-corrected chi connectivity index (χ1v) is 5.23. The number of carbonyl (C=O) groups is 1.